The van der Waals surface area contributed by atoms with E-state index in [0.717, 1.165) is 4.47 Å². The average Bonchev–Trinajstić information content (AvgIpc) is 2.74. The van der Waals surface area contributed by atoms with Gasteiger partial charge >= 0.3 is 0 Å². The van der Waals surface area contributed by atoms with Crippen LogP contribution in [-0.2, 0) is 4.79 Å². The highest BCUT2D eigenvalue weighted by Crippen LogP contribution is 2.18. The zero-order valence-corrected chi connectivity index (χ0v) is 17.1. The molecular weight excluding hydrogens is 450 g/mol. The van der Waals surface area contributed by atoms with Gasteiger partial charge in [0, 0.05) is 27.9 Å². The van der Waals surface area contributed by atoms with Crippen molar-refractivity contribution in [3.8, 4) is 0 Å². The Labute approximate surface area is 180 Å². The van der Waals surface area contributed by atoms with Crippen LogP contribution in [0, 0.1) is 10.1 Å². The molecule has 0 aliphatic rings. The molecule has 3 rings (SSSR count). The molecular formula is C22H16BrN3O4. The molecule has 8 heteroatoms. The number of amides is 2. The summed E-state index contributed by atoms with van der Waals surface area (Å²) in [6.07, 6.45) is 1.46. The van der Waals surface area contributed by atoms with Gasteiger partial charge in [-0.2, -0.15) is 0 Å². The third-order valence-corrected chi connectivity index (χ3v) is 4.52. The second-order valence-corrected chi connectivity index (χ2v) is 7.11. The van der Waals surface area contributed by atoms with E-state index in [1.165, 1.54) is 30.3 Å². The largest absolute Gasteiger partial charge is 0.321 e. The fourth-order valence-electron chi connectivity index (χ4n) is 2.57. The van der Waals surface area contributed by atoms with Crippen LogP contribution in [0.15, 0.2) is 89.0 Å². The summed E-state index contributed by atoms with van der Waals surface area (Å²) in [5.74, 6) is -0.983. The quantitative estimate of drug-likeness (QED) is 0.311. The minimum atomic E-state index is -0.532. The molecule has 0 fully saturated rings. The Hall–Kier alpha value is -3.78. The van der Waals surface area contributed by atoms with Crippen molar-refractivity contribution >= 4 is 45.2 Å². The second-order valence-electron chi connectivity index (χ2n) is 6.19. The van der Waals surface area contributed by atoms with Crippen molar-refractivity contribution in [3.05, 3.63) is 110 Å². The number of hydrogen-bond acceptors (Lipinski definition) is 4. The number of rotatable bonds is 6. The summed E-state index contributed by atoms with van der Waals surface area (Å²) in [5.41, 5.74) is 1.38. The molecule has 0 saturated heterocycles. The zero-order chi connectivity index (χ0) is 21.5. The third-order valence-electron chi connectivity index (χ3n) is 4.03. The summed E-state index contributed by atoms with van der Waals surface area (Å²) in [7, 11) is 0. The van der Waals surface area contributed by atoms with Crippen LogP contribution in [0.5, 0.6) is 0 Å². The molecule has 0 heterocycles. The van der Waals surface area contributed by atoms with E-state index in [1.807, 2.05) is 6.07 Å². The van der Waals surface area contributed by atoms with E-state index in [4.69, 9.17) is 0 Å². The third kappa shape index (κ3) is 5.62. The predicted molar refractivity (Wildman–Crippen MR) is 118 cm³/mol. The maximum Gasteiger partial charge on any atom is 0.272 e. The van der Waals surface area contributed by atoms with E-state index < -0.39 is 16.7 Å². The van der Waals surface area contributed by atoms with Crippen LogP contribution in [0.1, 0.15) is 15.9 Å². The average molecular weight is 466 g/mol. The van der Waals surface area contributed by atoms with Gasteiger partial charge in [-0.3, -0.25) is 19.7 Å². The lowest BCUT2D eigenvalue weighted by atomic mass is 10.1. The SMILES string of the molecule is O=C(Nc1cccc(Br)c1)C(=Cc1ccc([N+](=O)[O-])cc1)NC(=O)c1ccccc1. The summed E-state index contributed by atoms with van der Waals surface area (Å²) < 4.78 is 0.787. The lowest BCUT2D eigenvalue weighted by Gasteiger charge is -2.11. The van der Waals surface area contributed by atoms with Gasteiger partial charge in [0.2, 0.25) is 0 Å². The standard InChI is InChI=1S/C22H16BrN3O4/c23-17-7-4-8-18(14-17)24-22(28)20(25-21(27)16-5-2-1-3-6-16)13-15-9-11-19(12-10-15)26(29)30/h1-14H,(H,24,28)(H,25,27). The molecule has 2 amide bonds. The molecule has 0 radical (unpaired) electrons. The van der Waals surface area contributed by atoms with Gasteiger partial charge in [0.15, 0.2) is 0 Å². The Morgan fingerprint density at radius 1 is 0.933 bits per heavy atom. The molecule has 0 aliphatic carbocycles. The Kier molecular flexibility index (Phi) is 6.71. The molecule has 7 nitrogen and oxygen atoms in total. The van der Waals surface area contributed by atoms with Gasteiger partial charge < -0.3 is 10.6 Å². The molecule has 0 spiro atoms. The number of carbonyl (C=O) groups is 2. The molecule has 0 unspecified atom stereocenters. The minimum Gasteiger partial charge on any atom is -0.321 e. The second kappa shape index (κ2) is 9.62. The van der Waals surface area contributed by atoms with Crippen LogP contribution >= 0.6 is 15.9 Å². The van der Waals surface area contributed by atoms with Crippen LogP contribution in [-0.4, -0.2) is 16.7 Å². The normalized spacial score (nSPS) is 10.9. The summed E-state index contributed by atoms with van der Waals surface area (Å²) >= 11 is 3.34. The molecule has 150 valence electrons. The number of hydrogen-bond donors (Lipinski definition) is 2. The number of nitro benzene ring substituents is 1. The maximum atomic E-state index is 12.9. The minimum absolute atomic E-state index is 0.00215. The number of nitrogens with zero attached hydrogens (tertiary/aromatic N) is 1. The van der Waals surface area contributed by atoms with Crippen molar-refractivity contribution in [1.82, 2.24) is 5.32 Å². The highest BCUT2D eigenvalue weighted by Gasteiger charge is 2.15. The number of anilines is 1. The molecule has 2 N–H and O–H groups in total. The Morgan fingerprint density at radius 2 is 1.63 bits per heavy atom. The van der Waals surface area contributed by atoms with E-state index >= 15 is 0 Å². The fraction of sp³-hybridized carbons (Fsp3) is 0. The molecule has 0 bridgehead atoms. The van der Waals surface area contributed by atoms with E-state index in [-0.39, 0.29) is 11.4 Å². The van der Waals surface area contributed by atoms with Crippen molar-refractivity contribution in [2.45, 2.75) is 0 Å². The molecule has 30 heavy (non-hydrogen) atoms. The maximum absolute atomic E-state index is 12.9. The lowest BCUT2D eigenvalue weighted by Crippen LogP contribution is -2.30. The summed E-state index contributed by atoms with van der Waals surface area (Å²) in [6.45, 7) is 0. The van der Waals surface area contributed by atoms with Crippen molar-refractivity contribution in [2.24, 2.45) is 0 Å². The highest BCUT2D eigenvalue weighted by atomic mass is 79.9. The van der Waals surface area contributed by atoms with Gasteiger partial charge in [-0.05, 0) is 54.1 Å². The number of halogens is 1. The van der Waals surface area contributed by atoms with Crippen molar-refractivity contribution in [2.75, 3.05) is 5.32 Å². The van der Waals surface area contributed by atoms with Crippen molar-refractivity contribution in [3.63, 3.8) is 0 Å². The molecule has 0 saturated carbocycles. The van der Waals surface area contributed by atoms with Gasteiger partial charge in [-0.15, -0.1) is 0 Å². The van der Waals surface area contributed by atoms with E-state index in [0.29, 0.717) is 16.8 Å². The van der Waals surface area contributed by atoms with Gasteiger partial charge in [-0.1, -0.05) is 40.2 Å². The summed E-state index contributed by atoms with van der Waals surface area (Å²) in [4.78, 5) is 35.8. The summed E-state index contributed by atoms with van der Waals surface area (Å²) in [6, 6.07) is 21.2. The van der Waals surface area contributed by atoms with Gasteiger partial charge in [0.25, 0.3) is 17.5 Å². The first-order valence-electron chi connectivity index (χ1n) is 8.82. The van der Waals surface area contributed by atoms with Crippen LogP contribution < -0.4 is 10.6 Å². The van der Waals surface area contributed by atoms with Crippen LogP contribution in [0.25, 0.3) is 6.08 Å². The predicted octanol–water partition coefficient (Wildman–Crippen LogP) is 4.77. The topological polar surface area (TPSA) is 101 Å². The number of carbonyl (C=O) groups excluding carboxylic acids is 2. The smallest absolute Gasteiger partial charge is 0.272 e. The number of benzene rings is 3. The fourth-order valence-corrected chi connectivity index (χ4v) is 2.97. The number of nitro groups is 1. The molecule has 3 aromatic rings. The number of non-ortho nitro benzene ring substituents is 1. The molecule has 0 aromatic heterocycles. The van der Waals surface area contributed by atoms with Crippen LogP contribution in [0.3, 0.4) is 0 Å². The van der Waals surface area contributed by atoms with Gasteiger partial charge in [0.1, 0.15) is 5.70 Å². The van der Waals surface area contributed by atoms with Crippen LogP contribution in [0.2, 0.25) is 0 Å². The summed E-state index contributed by atoms with van der Waals surface area (Å²) in [5, 5.41) is 16.2. The van der Waals surface area contributed by atoms with E-state index in [2.05, 4.69) is 26.6 Å². The Bertz CT molecular complexity index is 1110. The van der Waals surface area contributed by atoms with E-state index in [9.17, 15) is 19.7 Å². The van der Waals surface area contributed by atoms with Gasteiger partial charge in [0.05, 0.1) is 4.92 Å². The first-order valence-corrected chi connectivity index (χ1v) is 9.61. The van der Waals surface area contributed by atoms with Crippen molar-refractivity contribution < 1.29 is 14.5 Å². The molecule has 3 aromatic carbocycles. The first kappa shape index (κ1) is 20.9. The monoisotopic (exact) mass is 465 g/mol. The first-order chi connectivity index (χ1) is 14.4. The lowest BCUT2D eigenvalue weighted by molar-refractivity contribution is -0.384. The Morgan fingerprint density at radius 3 is 2.27 bits per heavy atom. The highest BCUT2D eigenvalue weighted by molar-refractivity contribution is 9.10. The number of nitrogens with one attached hydrogen (secondary N) is 2. The van der Waals surface area contributed by atoms with Gasteiger partial charge in [-0.25, -0.2) is 0 Å². The van der Waals surface area contributed by atoms with Crippen molar-refractivity contribution in [1.29, 1.82) is 0 Å². The van der Waals surface area contributed by atoms with Crippen LogP contribution in [0.4, 0.5) is 11.4 Å². The zero-order valence-electron chi connectivity index (χ0n) is 15.5. The Balaban J connectivity index is 1.89. The molecule has 0 atom stereocenters. The molecule has 0 aliphatic heterocycles. The van der Waals surface area contributed by atoms with E-state index in [1.54, 1.807) is 48.5 Å².